The van der Waals surface area contributed by atoms with Crippen LogP contribution in [-0.2, 0) is 0 Å². The number of rotatable bonds is 3. The van der Waals surface area contributed by atoms with Crippen molar-refractivity contribution in [3.8, 4) is 17.6 Å². The Bertz CT molecular complexity index is 650. The molecule has 0 atom stereocenters. The van der Waals surface area contributed by atoms with Gasteiger partial charge in [-0.25, -0.2) is 0 Å². The van der Waals surface area contributed by atoms with Crippen molar-refractivity contribution in [3.05, 3.63) is 46.4 Å². The molecule has 0 spiro atoms. The van der Waals surface area contributed by atoms with Gasteiger partial charge in [0.15, 0.2) is 5.75 Å². The number of nitrogens with zero attached hydrogens (tertiary/aromatic N) is 1. The average Bonchev–Trinajstić information content (AvgIpc) is 2.44. The van der Waals surface area contributed by atoms with Crippen LogP contribution in [0.2, 0.25) is 0 Å². The molecule has 0 aliphatic rings. The Morgan fingerprint density at radius 1 is 1.26 bits per heavy atom. The summed E-state index contributed by atoms with van der Waals surface area (Å²) in [7, 11) is 1.78. The van der Waals surface area contributed by atoms with Gasteiger partial charge in [0.1, 0.15) is 11.8 Å². The minimum absolute atomic E-state index is 0.462. The normalized spacial score (nSPS) is 9.74. The summed E-state index contributed by atoms with van der Waals surface area (Å²) in [6.45, 7) is 0. The number of nitriles is 1. The van der Waals surface area contributed by atoms with E-state index >= 15 is 0 Å². The standard InChI is InChI=1S/C14H12BrN3O/c1-18-11-7-6-10(15)14(13(11)17)19-12-5-3-2-4-9(12)8-16/h2-7,18H,17H2,1H3. The molecule has 0 saturated carbocycles. The topological polar surface area (TPSA) is 71.1 Å². The smallest absolute Gasteiger partial charge is 0.166 e. The second-order valence-electron chi connectivity index (χ2n) is 3.80. The number of para-hydroxylation sites is 1. The summed E-state index contributed by atoms with van der Waals surface area (Å²) in [6.07, 6.45) is 0. The number of hydrogen-bond donors (Lipinski definition) is 2. The third kappa shape index (κ3) is 2.64. The van der Waals surface area contributed by atoms with Crippen LogP contribution in [-0.4, -0.2) is 7.05 Å². The fourth-order valence-electron chi connectivity index (χ4n) is 1.65. The lowest BCUT2D eigenvalue weighted by atomic mass is 10.2. The molecule has 0 amide bonds. The van der Waals surface area contributed by atoms with Gasteiger partial charge in [0.25, 0.3) is 0 Å². The Morgan fingerprint density at radius 3 is 2.68 bits per heavy atom. The number of nitrogens with two attached hydrogens (primary N) is 1. The minimum atomic E-state index is 0.462. The molecule has 0 aliphatic heterocycles. The van der Waals surface area contributed by atoms with Crippen molar-refractivity contribution in [2.24, 2.45) is 0 Å². The van der Waals surface area contributed by atoms with Gasteiger partial charge in [-0.2, -0.15) is 5.26 Å². The van der Waals surface area contributed by atoms with E-state index < -0.39 is 0 Å². The molecule has 2 rings (SSSR count). The predicted molar refractivity (Wildman–Crippen MR) is 79.3 cm³/mol. The SMILES string of the molecule is CNc1ccc(Br)c(Oc2ccccc2C#N)c1N. The van der Waals surface area contributed by atoms with E-state index in [-0.39, 0.29) is 0 Å². The largest absolute Gasteiger partial charge is 0.453 e. The lowest BCUT2D eigenvalue weighted by Gasteiger charge is -2.14. The Labute approximate surface area is 119 Å². The third-order valence-electron chi connectivity index (χ3n) is 2.64. The number of halogens is 1. The summed E-state index contributed by atoms with van der Waals surface area (Å²) in [4.78, 5) is 0. The zero-order valence-corrected chi connectivity index (χ0v) is 11.9. The molecule has 0 aliphatic carbocycles. The van der Waals surface area contributed by atoms with Crippen molar-refractivity contribution in [1.29, 1.82) is 5.26 Å². The maximum atomic E-state index is 9.05. The molecule has 2 aromatic carbocycles. The van der Waals surface area contributed by atoms with Crippen LogP contribution in [0.4, 0.5) is 11.4 Å². The molecule has 5 heteroatoms. The van der Waals surface area contributed by atoms with Crippen LogP contribution in [0.1, 0.15) is 5.56 Å². The first-order chi connectivity index (χ1) is 9.17. The number of hydrogen-bond acceptors (Lipinski definition) is 4. The molecule has 0 aromatic heterocycles. The van der Waals surface area contributed by atoms with Crippen molar-refractivity contribution in [2.45, 2.75) is 0 Å². The van der Waals surface area contributed by atoms with Gasteiger partial charge < -0.3 is 15.8 Å². The van der Waals surface area contributed by atoms with E-state index in [0.29, 0.717) is 22.7 Å². The van der Waals surface area contributed by atoms with Crippen LogP contribution in [0.25, 0.3) is 0 Å². The number of benzene rings is 2. The van der Waals surface area contributed by atoms with Gasteiger partial charge >= 0.3 is 0 Å². The van der Waals surface area contributed by atoms with E-state index in [1.165, 1.54) is 0 Å². The highest BCUT2D eigenvalue weighted by Gasteiger charge is 2.12. The van der Waals surface area contributed by atoms with Crippen molar-refractivity contribution < 1.29 is 4.74 Å². The van der Waals surface area contributed by atoms with E-state index in [2.05, 4.69) is 27.3 Å². The second kappa shape index (κ2) is 5.63. The van der Waals surface area contributed by atoms with Crippen LogP contribution in [0.15, 0.2) is 40.9 Å². The highest BCUT2D eigenvalue weighted by molar-refractivity contribution is 9.10. The Balaban J connectivity index is 2.47. The van der Waals surface area contributed by atoms with Crippen LogP contribution in [0, 0.1) is 11.3 Å². The summed E-state index contributed by atoms with van der Waals surface area (Å²) < 4.78 is 6.50. The first-order valence-corrected chi connectivity index (χ1v) is 6.39. The minimum Gasteiger partial charge on any atom is -0.453 e. The zero-order chi connectivity index (χ0) is 13.8. The molecule has 0 heterocycles. The zero-order valence-electron chi connectivity index (χ0n) is 10.3. The molecule has 0 fully saturated rings. The molecule has 19 heavy (non-hydrogen) atoms. The highest BCUT2D eigenvalue weighted by atomic mass is 79.9. The third-order valence-corrected chi connectivity index (χ3v) is 3.26. The molecule has 3 N–H and O–H groups in total. The molecule has 0 radical (unpaired) electrons. The first kappa shape index (κ1) is 13.2. The number of nitrogen functional groups attached to an aromatic ring is 1. The van der Waals surface area contributed by atoms with Crippen LogP contribution < -0.4 is 15.8 Å². The summed E-state index contributed by atoms with van der Waals surface area (Å²) in [5.74, 6) is 0.972. The van der Waals surface area contributed by atoms with Gasteiger partial charge in [-0.3, -0.25) is 0 Å². The Morgan fingerprint density at radius 2 is 2.00 bits per heavy atom. The molecule has 96 valence electrons. The fraction of sp³-hybridized carbons (Fsp3) is 0.0714. The Kier molecular flexibility index (Phi) is 3.93. The van der Waals surface area contributed by atoms with Crippen molar-refractivity contribution in [1.82, 2.24) is 0 Å². The van der Waals surface area contributed by atoms with Crippen LogP contribution in [0.3, 0.4) is 0 Å². The number of anilines is 2. The monoisotopic (exact) mass is 317 g/mol. The molecule has 0 unspecified atom stereocenters. The van der Waals surface area contributed by atoms with E-state index in [1.807, 2.05) is 18.2 Å². The van der Waals surface area contributed by atoms with Crippen molar-refractivity contribution in [3.63, 3.8) is 0 Å². The predicted octanol–water partition coefficient (Wildman–Crippen LogP) is 3.74. The number of nitrogens with one attached hydrogen (secondary N) is 1. The molecular formula is C14H12BrN3O. The summed E-state index contributed by atoms with van der Waals surface area (Å²) in [6, 6.07) is 12.8. The maximum Gasteiger partial charge on any atom is 0.166 e. The van der Waals surface area contributed by atoms with E-state index in [4.69, 9.17) is 15.7 Å². The lowest BCUT2D eigenvalue weighted by Crippen LogP contribution is -1.99. The first-order valence-electron chi connectivity index (χ1n) is 5.60. The van der Waals surface area contributed by atoms with Crippen LogP contribution in [0.5, 0.6) is 11.5 Å². The van der Waals surface area contributed by atoms with Crippen molar-refractivity contribution in [2.75, 3.05) is 18.1 Å². The van der Waals surface area contributed by atoms with Gasteiger partial charge in [0.05, 0.1) is 21.4 Å². The quantitative estimate of drug-likeness (QED) is 0.846. The fourth-order valence-corrected chi connectivity index (χ4v) is 2.08. The van der Waals surface area contributed by atoms with Gasteiger partial charge in [-0.1, -0.05) is 12.1 Å². The van der Waals surface area contributed by atoms with E-state index in [9.17, 15) is 0 Å². The van der Waals surface area contributed by atoms with E-state index in [1.54, 1.807) is 25.2 Å². The summed E-state index contributed by atoms with van der Waals surface area (Å²) in [5.41, 5.74) is 7.76. The van der Waals surface area contributed by atoms with Gasteiger partial charge in [0, 0.05) is 7.05 Å². The second-order valence-corrected chi connectivity index (χ2v) is 4.65. The Hall–Kier alpha value is -2.19. The number of ether oxygens (including phenoxy) is 1. The maximum absolute atomic E-state index is 9.05. The molecule has 0 bridgehead atoms. The van der Waals surface area contributed by atoms with E-state index in [0.717, 1.165) is 10.2 Å². The van der Waals surface area contributed by atoms with Crippen molar-refractivity contribution >= 4 is 27.3 Å². The van der Waals surface area contributed by atoms with Gasteiger partial charge in [-0.15, -0.1) is 0 Å². The van der Waals surface area contributed by atoms with Gasteiger partial charge in [-0.05, 0) is 40.2 Å². The summed E-state index contributed by atoms with van der Waals surface area (Å²) in [5, 5.41) is 12.0. The van der Waals surface area contributed by atoms with Gasteiger partial charge in [0.2, 0.25) is 0 Å². The lowest BCUT2D eigenvalue weighted by molar-refractivity contribution is 0.480. The molecular weight excluding hydrogens is 306 g/mol. The average molecular weight is 318 g/mol. The summed E-state index contributed by atoms with van der Waals surface area (Å²) >= 11 is 3.40. The molecule has 2 aromatic rings. The van der Waals surface area contributed by atoms with Crippen LogP contribution >= 0.6 is 15.9 Å². The highest BCUT2D eigenvalue weighted by Crippen LogP contribution is 2.40. The molecule has 4 nitrogen and oxygen atoms in total. The molecule has 0 saturated heterocycles.